The Bertz CT molecular complexity index is 155. The average Bonchev–Trinajstić information content (AvgIpc) is 1.97. The van der Waals surface area contributed by atoms with Crippen LogP contribution in [0.4, 0.5) is 4.39 Å². The minimum absolute atomic E-state index is 0.125. The molecule has 0 bridgehead atoms. The molecule has 0 aliphatic rings. The van der Waals surface area contributed by atoms with Crippen molar-refractivity contribution in [2.75, 3.05) is 6.54 Å². The molecule has 0 aromatic carbocycles. The zero-order valence-corrected chi connectivity index (χ0v) is 7.23. The second kappa shape index (κ2) is 6.10. The van der Waals surface area contributed by atoms with Gasteiger partial charge in [-0.15, -0.1) is 0 Å². The van der Waals surface area contributed by atoms with Crippen molar-refractivity contribution in [3.63, 3.8) is 0 Å². The van der Waals surface area contributed by atoms with Gasteiger partial charge in [0.25, 0.3) is 0 Å². The Labute approximate surface area is 67.8 Å². The molecule has 0 saturated heterocycles. The van der Waals surface area contributed by atoms with E-state index in [-0.39, 0.29) is 5.83 Å². The number of nitrogens with two attached hydrogens (primary N) is 1. The van der Waals surface area contributed by atoms with Gasteiger partial charge < -0.3 is 5.73 Å². The van der Waals surface area contributed by atoms with E-state index in [4.69, 9.17) is 5.73 Å². The lowest BCUT2D eigenvalue weighted by atomic mass is 10.1. The molecule has 2 heteroatoms. The second-order valence-electron chi connectivity index (χ2n) is 2.41. The Hall–Kier alpha value is -0.630. The van der Waals surface area contributed by atoms with E-state index in [1.54, 1.807) is 0 Å². The molecule has 0 unspecified atom stereocenters. The molecule has 0 aliphatic heterocycles. The molecule has 0 saturated carbocycles. The molecule has 0 aromatic heterocycles. The highest BCUT2D eigenvalue weighted by molar-refractivity contribution is 5.21. The van der Waals surface area contributed by atoms with Crippen LogP contribution in [0.1, 0.15) is 26.7 Å². The highest BCUT2D eigenvalue weighted by Gasteiger charge is 1.95. The summed E-state index contributed by atoms with van der Waals surface area (Å²) < 4.78 is 12.6. The zero-order valence-electron chi connectivity index (χ0n) is 7.23. The topological polar surface area (TPSA) is 26.0 Å². The molecule has 0 spiro atoms. The van der Waals surface area contributed by atoms with Crippen molar-refractivity contribution in [1.82, 2.24) is 0 Å². The summed E-state index contributed by atoms with van der Waals surface area (Å²) in [5, 5.41) is 0. The van der Waals surface area contributed by atoms with Crippen molar-refractivity contribution in [2.24, 2.45) is 5.73 Å². The number of hydrogen-bond donors (Lipinski definition) is 1. The maximum Gasteiger partial charge on any atom is 0.100 e. The van der Waals surface area contributed by atoms with E-state index in [2.05, 4.69) is 0 Å². The van der Waals surface area contributed by atoms with Gasteiger partial charge >= 0.3 is 0 Å². The van der Waals surface area contributed by atoms with Crippen LogP contribution in [0.3, 0.4) is 0 Å². The minimum Gasteiger partial charge on any atom is -0.330 e. The molecular formula is C9H16FN. The summed E-state index contributed by atoms with van der Waals surface area (Å²) in [6, 6.07) is 0. The molecule has 11 heavy (non-hydrogen) atoms. The van der Waals surface area contributed by atoms with Gasteiger partial charge in [-0.05, 0) is 31.9 Å². The Morgan fingerprint density at radius 1 is 1.55 bits per heavy atom. The Kier molecular flexibility index (Phi) is 5.75. The first-order valence-electron chi connectivity index (χ1n) is 3.94. The van der Waals surface area contributed by atoms with E-state index in [1.165, 1.54) is 6.92 Å². The van der Waals surface area contributed by atoms with Crippen molar-refractivity contribution in [3.8, 4) is 0 Å². The first-order chi connectivity index (χ1) is 5.22. The van der Waals surface area contributed by atoms with Gasteiger partial charge in [0.1, 0.15) is 5.83 Å². The van der Waals surface area contributed by atoms with Crippen LogP contribution in [-0.4, -0.2) is 6.54 Å². The van der Waals surface area contributed by atoms with E-state index in [0.717, 1.165) is 6.42 Å². The Morgan fingerprint density at radius 2 is 2.18 bits per heavy atom. The largest absolute Gasteiger partial charge is 0.330 e. The van der Waals surface area contributed by atoms with E-state index >= 15 is 0 Å². The molecule has 0 aliphatic carbocycles. The molecule has 1 nitrogen and oxygen atoms in total. The fourth-order valence-corrected chi connectivity index (χ4v) is 0.786. The summed E-state index contributed by atoms with van der Waals surface area (Å²) in [5.41, 5.74) is 6.02. The lowest BCUT2D eigenvalue weighted by Crippen LogP contribution is -1.99. The van der Waals surface area contributed by atoms with Gasteiger partial charge in [0.15, 0.2) is 0 Å². The average molecular weight is 157 g/mol. The van der Waals surface area contributed by atoms with Crippen molar-refractivity contribution in [3.05, 3.63) is 23.6 Å². The van der Waals surface area contributed by atoms with Crippen molar-refractivity contribution < 1.29 is 4.39 Å². The van der Waals surface area contributed by atoms with E-state index < -0.39 is 0 Å². The number of hydrogen-bond acceptors (Lipinski definition) is 1. The second-order valence-corrected chi connectivity index (χ2v) is 2.41. The molecule has 0 radical (unpaired) electrons. The van der Waals surface area contributed by atoms with Gasteiger partial charge in [0.05, 0.1) is 0 Å². The molecule has 0 amide bonds. The van der Waals surface area contributed by atoms with Crippen LogP contribution in [0, 0.1) is 0 Å². The summed E-state index contributed by atoms with van der Waals surface area (Å²) in [6.07, 6.45) is 5.30. The molecule has 2 N–H and O–H groups in total. The number of halogens is 1. The fourth-order valence-electron chi connectivity index (χ4n) is 0.786. The molecule has 0 heterocycles. The van der Waals surface area contributed by atoms with Gasteiger partial charge in [-0.1, -0.05) is 19.1 Å². The first-order valence-corrected chi connectivity index (χ1v) is 3.94. The maximum absolute atomic E-state index is 12.6. The summed E-state index contributed by atoms with van der Waals surface area (Å²) in [6.45, 7) is 3.99. The number of allylic oxidation sites excluding steroid dienone is 3. The summed E-state index contributed by atoms with van der Waals surface area (Å²) >= 11 is 0. The lowest BCUT2D eigenvalue weighted by Gasteiger charge is -1.98. The monoisotopic (exact) mass is 157 g/mol. The highest BCUT2D eigenvalue weighted by atomic mass is 19.1. The molecule has 0 atom stereocenters. The summed E-state index contributed by atoms with van der Waals surface area (Å²) in [4.78, 5) is 0. The smallest absolute Gasteiger partial charge is 0.100 e. The van der Waals surface area contributed by atoms with E-state index in [1.807, 2.05) is 19.1 Å². The van der Waals surface area contributed by atoms with Gasteiger partial charge in [-0.2, -0.15) is 0 Å². The van der Waals surface area contributed by atoms with Crippen molar-refractivity contribution in [1.29, 1.82) is 0 Å². The van der Waals surface area contributed by atoms with Gasteiger partial charge in [0.2, 0.25) is 0 Å². The predicted molar refractivity (Wildman–Crippen MR) is 46.9 cm³/mol. The molecule has 0 rings (SSSR count). The quantitative estimate of drug-likeness (QED) is 0.623. The third-order valence-corrected chi connectivity index (χ3v) is 1.41. The third-order valence-electron chi connectivity index (χ3n) is 1.41. The SMILES string of the molecule is CC/C=C\C(CCN)=C(/C)F. The third kappa shape index (κ3) is 4.73. The molecular weight excluding hydrogens is 141 g/mol. The van der Waals surface area contributed by atoms with E-state index in [9.17, 15) is 4.39 Å². The van der Waals surface area contributed by atoms with Gasteiger partial charge in [0, 0.05) is 0 Å². The highest BCUT2D eigenvalue weighted by Crippen LogP contribution is 2.10. The van der Waals surface area contributed by atoms with Gasteiger partial charge in [-0.25, -0.2) is 4.39 Å². The summed E-state index contributed by atoms with van der Waals surface area (Å²) in [5.74, 6) is -0.125. The van der Waals surface area contributed by atoms with Crippen LogP contribution >= 0.6 is 0 Å². The van der Waals surface area contributed by atoms with Crippen molar-refractivity contribution in [2.45, 2.75) is 26.7 Å². The predicted octanol–water partition coefficient (Wildman–Crippen LogP) is 2.54. The van der Waals surface area contributed by atoms with Gasteiger partial charge in [-0.3, -0.25) is 0 Å². The van der Waals surface area contributed by atoms with Crippen LogP contribution in [0.25, 0.3) is 0 Å². The van der Waals surface area contributed by atoms with Crippen LogP contribution in [0.5, 0.6) is 0 Å². The van der Waals surface area contributed by atoms with Crippen LogP contribution in [0.2, 0.25) is 0 Å². The van der Waals surface area contributed by atoms with Crippen molar-refractivity contribution >= 4 is 0 Å². The molecule has 0 aromatic rings. The maximum atomic E-state index is 12.6. The standard InChI is InChI=1S/C9H16FN/c1-3-4-5-9(6-7-11)8(2)10/h4-5H,3,6-7,11H2,1-2H3/b5-4-,9-8-. The molecule has 64 valence electrons. The normalized spacial score (nSPS) is 13.8. The van der Waals surface area contributed by atoms with Crippen LogP contribution < -0.4 is 5.73 Å². The molecule has 0 fully saturated rings. The number of rotatable bonds is 4. The minimum atomic E-state index is -0.125. The van der Waals surface area contributed by atoms with Crippen LogP contribution in [-0.2, 0) is 0 Å². The van der Waals surface area contributed by atoms with Crippen LogP contribution in [0.15, 0.2) is 23.6 Å². The lowest BCUT2D eigenvalue weighted by molar-refractivity contribution is 0.624. The Morgan fingerprint density at radius 3 is 2.55 bits per heavy atom. The van der Waals surface area contributed by atoms with E-state index in [0.29, 0.717) is 18.5 Å². The first kappa shape index (κ1) is 10.4. The fraction of sp³-hybridized carbons (Fsp3) is 0.556. The summed E-state index contributed by atoms with van der Waals surface area (Å²) in [7, 11) is 0. The zero-order chi connectivity index (χ0) is 8.69. The Balaban J connectivity index is 4.12.